The lowest BCUT2D eigenvalue weighted by atomic mass is 9.65. The number of rotatable bonds is 10. The summed E-state index contributed by atoms with van der Waals surface area (Å²) in [6, 6.07) is 3.45. The van der Waals surface area contributed by atoms with Crippen LogP contribution in [0, 0.1) is 25.2 Å². The van der Waals surface area contributed by atoms with Crippen LogP contribution in [0.2, 0.25) is 0 Å². The lowest BCUT2D eigenvalue weighted by Crippen LogP contribution is -2.46. The van der Waals surface area contributed by atoms with Crippen molar-refractivity contribution in [1.29, 1.82) is 0 Å². The van der Waals surface area contributed by atoms with Crippen molar-refractivity contribution in [3.05, 3.63) is 23.3 Å². The summed E-state index contributed by atoms with van der Waals surface area (Å²) in [4.78, 5) is 17.2. The van der Waals surface area contributed by atoms with Crippen LogP contribution in [-0.4, -0.2) is 96.1 Å². The minimum Gasteiger partial charge on any atom is -0.497 e. The maximum Gasteiger partial charge on any atom is 0.248 e. The average molecular weight is 524 g/mol. The first-order valence-corrected chi connectivity index (χ1v) is 14.5. The molecule has 1 spiro atoms. The van der Waals surface area contributed by atoms with E-state index < -0.39 is 10.0 Å². The molecule has 1 amide bonds. The van der Waals surface area contributed by atoms with Crippen LogP contribution in [0.25, 0.3) is 0 Å². The van der Waals surface area contributed by atoms with E-state index in [1.165, 1.54) is 36.5 Å². The Bertz CT molecular complexity index is 970. The van der Waals surface area contributed by atoms with Gasteiger partial charge in [-0.1, -0.05) is 0 Å². The second-order valence-electron chi connectivity index (χ2n) is 11.1. The van der Waals surface area contributed by atoms with Crippen LogP contribution in [0.3, 0.4) is 0 Å². The Balaban J connectivity index is 1.41. The molecule has 2 aliphatic rings. The number of nitrogens with zero attached hydrogens (tertiary/aromatic N) is 3. The van der Waals surface area contributed by atoms with Gasteiger partial charge in [0.15, 0.2) is 0 Å². The van der Waals surface area contributed by atoms with Crippen LogP contribution in [0.15, 0.2) is 17.0 Å². The number of sulfonamides is 1. The fourth-order valence-electron chi connectivity index (χ4n) is 5.87. The Kier molecular flexibility index (Phi) is 9.82. The van der Waals surface area contributed by atoms with E-state index in [-0.39, 0.29) is 25.7 Å². The first-order chi connectivity index (χ1) is 17.0. The van der Waals surface area contributed by atoms with E-state index in [0.717, 1.165) is 31.8 Å². The number of hydrogen-bond donors (Lipinski definition) is 0. The van der Waals surface area contributed by atoms with E-state index in [9.17, 15) is 13.2 Å². The number of carbonyl (C=O) groups excluding carboxylic acids is 1. The predicted molar refractivity (Wildman–Crippen MR) is 142 cm³/mol. The Hall–Kier alpha value is -1.68. The molecule has 9 heteroatoms. The third kappa shape index (κ3) is 7.00. The lowest BCUT2D eigenvalue weighted by Gasteiger charge is -2.46. The number of piperidine rings is 1. The first-order valence-electron chi connectivity index (χ1n) is 13.1. The summed E-state index contributed by atoms with van der Waals surface area (Å²) in [5, 5.41) is 0. The molecule has 1 aliphatic heterocycles. The Labute approximate surface area is 218 Å². The minimum absolute atomic E-state index is 0.00139. The third-order valence-electron chi connectivity index (χ3n) is 8.08. The SMILES string of the molecule is COc1cc(C)c(S(=O)(=O)N(C)CCOCC(=O)N2CCC3(CCC(CN(C)C)CC3)CC2)c(C)c1. The lowest BCUT2D eigenvalue weighted by molar-refractivity contribution is -0.139. The molecule has 0 atom stereocenters. The van der Waals surface area contributed by atoms with Gasteiger partial charge in [0, 0.05) is 33.2 Å². The number of benzene rings is 1. The zero-order valence-electron chi connectivity index (χ0n) is 23.0. The molecule has 1 saturated heterocycles. The second kappa shape index (κ2) is 12.2. The second-order valence-corrected chi connectivity index (χ2v) is 13.0. The summed E-state index contributed by atoms with van der Waals surface area (Å²) in [7, 11) is 3.73. The molecule has 1 aromatic carbocycles. The maximum atomic E-state index is 13.1. The first kappa shape index (κ1) is 28.9. The van der Waals surface area contributed by atoms with Crippen molar-refractivity contribution in [2.24, 2.45) is 11.3 Å². The summed E-state index contributed by atoms with van der Waals surface area (Å²) in [5.41, 5.74) is 1.70. The number of amides is 1. The normalized spacial score (nSPS) is 18.8. The van der Waals surface area contributed by atoms with Crippen molar-refractivity contribution in [3.63, 3.8) is 0 Å². The van der Waals surface area contributed by atoms with Crippen molar-refractivity contribution < 1.29 is 22.7 Å². The van der Waals surface area contributed by atoms with Crippen molar-refractivity contribution in [2.45, 2.75) is 57.3 Å². The summed E-state index contributed by atoms with van der Waals surface area (Å²) >= 11 is 0. The van der Waals surface area contributed by atoms with Crippen molar-refractivity contribution in [2.75, 3.05) is 67.6 Å². The van der Waals surface area contributed by atoms with E-state index >= 15 is 0 Å². The van der Waals surface area contributed by atoms with E-state index in [4.69, 9.17) is 9.47 Å². The molecule has 2 fully saturated rings. The maximum absolute atomic E-state index is 13.1. The zero-order chi connectivity index (χ0) is 26.5. The van der Waals surface area contributed by atoms with Crippen LogP contribution in [0.5, 0.6) is 5.75 Å². The molecule has 8 nitrogen and oxygen atoms in total. The molecule has 0 bridgehead atoms. The van der Waals surface area contributed by atoms with Gasteiger partial charge >= 0.3 is 0 Å². The quantitative estimate of drug-likeness (QED) is 0.438. The van der Waals surface area contributed by atoms with Crippen molar-refractivity contribution in [1.82, 2.24) is 14.1 Å². The van der Waals surface area contributed by atoms with E-state index in [1.807, 2.05) is 4.90 Å². The number of carbonyl (C=O) groups is 1. The van der Waals surface area contributed by atoms with Gasteiger partial charge in [-0.05, 0) is 101 Å². The Morgan fingerprint density at radius 2 is 1.64 bits per heavy atom. The van der Waals surface area contributed by atoms with Crippen LogP contribution >= 0.6 is 0 Å². The summed E-state index contributed by atoms with van der Waals surface area (Å²) in [5.74, 6) is 1.44. The van der Waals surface area contributed by atoms with E-state index in [1.54, 1.807) is 40.1 Å². The predicted octanol–water partition coefficient (Wildman–Crippen LogP) is 3.31. The summed E-state index contributed by atoms with van der Waals surface area (Å²) in [6.45, 7) is 6.64. The highest BCUT2D eigenvalue weighted by molar-refractivity contribution is 7.89. The fraction of sp³-hybridized carbons (Fsp3) is 0.741. The van der Waals surface area contributed by atoms with Crippen molar-refractivity contribution in [3.8, 4) is 5.75 Å². The van der Waals surface area contributed by atoms with E-state index in [0.29, 0.717) is 27.2 Å². The highest BCUT2D eigenvalue weighted by Crippen LogP contribution is 2.46. The van der Waals surface area contributed by atoms with Gasteiger partial charge in [0.25, 0.3) is 0 Å². The summed E-state index contributed by atoms with van der Waals surface area (Å²) < 4.78 is 38.4. The molecule has 1 heterocycles. The van der Waals surface area contributed by atoms with Crippen LogP contribution < -0.4 is 4.74 Å². The number of likely N-dealkylation sites (N-methyl/N-ethyl adjacent to an activating group) is 1. The highest BCUT2D eigenvalue weighted by atomic mass is 32.2. The number of likely N-dealkylation sites (tertiary alicyclic amines) is 1. The Morgan fingerprint density at radius 1 is 1.06 bits per heavy atom. The largest absolute Gasteiger partial charge is 0.497 e. The molecule has 1 aromatic rings. The van der Waals surface area contributed by atoms with Gasteiger partial charge in [-0.15, -0.1) is 0 Å². The molecule has 0 N–H and O–H groups in total. The number of ether oxygens (including phenoxy) is 2. The van der Waals surface area contributed by atoms with Crippen LogP contribution in [0.1, 0.15) is 49.7 Å². The zero-order valence-corrected chi connectivity index (χ0v) is 23.8. The van der Waals surface area contributed by atoms with Gasteiger partial charge in [0.2, 0.25) is 15.9 Å². The third-order valence-corrected chi connectivity index (χ3v) is 10.2. The fourth-order valence-corrected chi connectivity index (χ4v) is 7.43. The average Bonchev–Trinajstić information content (AvgIpc) is 2.82. The van der Waals surface area contributed by atoms with Gasteiger partial charge in [0.05, 0.1) is 18.6 Å². The number of aryl methyl sites for hydroxylation is 2. The molecule has 1 saturated carbocycles. The smallest absolute Gasteiger partial charge is 0.248 e. The molecule has 3 rings (SSSR count). The van der Waals surface area contributed by atoms with Crippen molar-refractivity contribution >= 4 is 15.9 Å². The molecule has 1 aliphatic carbocycles. The highest BCUT2D eigenvalue weighted by Gasteiger charge is 2.39. The molecular formula is C27H45N3O5S. The van der Waals surface area contributed by atoms with E-state index in [2.05, 4.69) is 19.0 Å². The molecule has 0 unspecified atom stereocenters. The Morgan fingerprint density at radius 3 is 2.17 bits per heavy atom. The molecule has 36 heavy (non-hydrogen) atoms. The van der Waals surface area contributed by atoms with Crippen LogP contribution in [0.4, 0.5) is 0 Å². The standard InChI is InChI=1S/C27H45N3O5S/c1-21-17-24(34-6)18-22(2)26(21)36(32,33)29(5)15-16-35-20-25(31)30-13-11-27(12-14-30)9-7-23(8-10-27)19-28(3)4/h17-18,23H,7-16,19-20H2,1-6H3. The number of hydrogen-bond acceptors (Lipinski definition) is 6. The summed E-state index contributed by atoms with van der Waals surface area (Å²) in [6.07, 6.45) is 7.29. The van der Waals surface area contributed by atoms with Gasteiger partial charge in [-0.3, -0.25) is 4.79 Å². The molecular weight excluding hydrogens is 478 g/mol. The number of methoxy groups -OCH3 is 1. The van der Waals surface area contributed by atoms with Gasteiger partial charge in [-0.25, -0.2) is 8.42 Å². The van der Waals surface area contributed by atoms with Crippen LogP contribution in [-0.2, 0) is 19.6 Å². The monoisotopic (exact) mass is 523 g/mol. The van der Waals surface area contributed by atoms with Gasteiger partial charge in [0.1, 0.15) is 12.4 Å². The van der Waals surface area contributed by atoms with Gasteiger partial charge < -0.3 is 19.3 Å². The van der Waals surface area contributed by atoms with Gasteiger partial charge in [-0.2, -0.15) is 4.31 Å². The molecule has 204 valence electrons. The minimum atomic E-state index is -3.67. The topological polar surface area (TPSA) is 79.4 Å². The molecule has 0 aromatic heterocycles. The molecule has 0 radical (unpaired) electrons.